The summed E-state index contributed by atoms with van der Waals surface area (Å²) in [6.45, 7) is 1.76. The van der Waals surface area contributed by atoms with Crippen LogP contribution in [0.15, 0.2) is 36.4 Å². The quantitative estimate of drug-likeness (QED) is 0.633. The topological polar surface area (TPSA) is 49.4 Å². The van der Waals surface area contributed by atoms with Gasteiger partial charge >= 0.3 is 12.4 Å². The van der Waals surface area contributed by atoms with Gasteiger partial charge in [0.1, 0.15) is 0 Å². The van der Waals surface area contributed by atoms with Gasteiger partial charge in [-0.3, -0.25) is 9.59 Å². The molecule has 166 valence electrons. The zero-order chi connectivity index (χ0) is 23.1. The zero-order valence-electron chi connectivity index (χ0n) is 15.9. The van der Waals surface area contributed by atoms with E-state index in [0.29, 0.717) is 22.8 Å². The van der Waals surface area contributed by atoms with Crippen LogP contribution in [0.25, 0.3) is 0 Å². The summed E-state index contributed by atoms with van der Waals surface area (Å²) in [4.78, 5) is 26.1. The van der Waals surface area contributed by atoms with E-state index in [-0.39, 0.29) is 24.9 Å². The maximum Gasteiger partial charge on any atom is 0.416 e. The Morgan fingerprint density at radius 2 is 1.61 bits per heavy atom. The lowest BCUT2D eigenvalue weighted by Gasteiger charge is -2.18. The zero-order valence-corrected chi connectivity index (χ0v) is 16.6. The number of hydrogen-bond donors (Lipinski definition) is 1. The molecule has 0 aliphatic carbocycles. The number of aryl methyl sites for hydroxylation is 1. The van der Waals surface area contributed by atoms with Crippen LogP contribution in [0.3, 0.4) is 0 Å². The first-order valence-corrected chi connectivity index (χ1v) is 9.30. The van der Waals surface area contributed by atoms with Crippen molar-refractivity contribution in [2.45, 2.75) is 31.7 Å². The molecule has 1 aliphatic heterocycles. The molecule has 31 heavy (non-hydrogen) atoms. The molecule has 1 atom stereocenters. The molecule has 0 spiro atoms. The third-order valence-corrected chi connectivity index (χ3v) is 5.18. The molecular weight excluding hydrogens is 450 g/mol. The van der Waals surface area contributed by atoms with Crippen LogP contribution >= 0.6 is 11.6 Å². The number of benzene rings is 2. The molecule has 3 rings (SSSR count). The van der Waals surface area contributed by atoms with E-state index in [1.165, 1.54) is 4.90 Å². The standard InChI is InChI=1S/C20H15ClF6N2O2/c1-10-2-3-15(8-16(10)21)29-9-14(7-17(29)30)28-18(31)11-4-12(19(22,23)24)6-13(5-11)20(25,26)27/h2-6,8,14H,7,9H2,1H3,(H,28,31). The van der Waals surface area contributed by atoms with Crippen molar-refractivity contribution < 1.29 is 35.9 Å². The van der Waals surface area contributed by atoms with Crippen LogP contribution in [0.1, 0.15) is 33.5 Å². The van der Waals surface area contributed by atoms with Gasteiger partial charge in [-0.05, 0) is 42.8 Å². The summed E-state index contributed by atoms with van der Waals surface area (Å²) in [7, 11) is 0. The van der Waals surface area contributed by atoms with Crippen molar-refractivity contribution in [2.75, 3.05) is 11.4 Å². The first-order valence-electron chi connectivity index (χ1n) is 8.92. The lowest BCUT2D eigenvalue weighted by atomic mass is 10.0. The van der Waals surface area contributed by atoms with Gasteiger partial charge in [-0.15, -0.1) is 0 Å². The van der Waals surface area contributed by atoms with E-state index in [1.807, 2.05) is 0 Å². The van der Waals surface area contributed by atoms with Crippen molar-refractivity contribution in [3.63, 3.8) is 0 Å². The van der Waals surface area contributed by atoms with E-state index in [9.17, 15) is 35.9 Å². The van der Waals surface area contributed by atoms with E-state index in [4.69, 9.17) is 11.6 Å². The van der Waals surface area contributed by atoms with Gasteiger partial charge in [0, 0.05) is 29.2 Å². The Morgan fingerprint density at radius 1 is 1.03 bits per heavy atom. The molecule has 2 aromatic rings. The van der Waals surface area contributed by atoms with Crippen LogP contribution in [-0.2, 0) is 17.1 Å². The number of nitrogens with zero attached hydrogens (tertiary/aromatic N) is 1. The van der Waals surface area contributed by atoms with Gasteiger partial charge < -0.3 is 10.2 Å². The molecule has 0 aromatic heterocycles. The van der Waals surface area contributed by atoms with E-state index in [2.05, 4.69) is 5.32 Å². The molecule has 4 nitrogen and oxygen atoms in total. The van der Waals surface area contributed by atoms with Crippen LogP contribution in [-0.4, -0.2) is 24.4 Å². The molecule has 0 saturated carbocycles. The SMILES string of the molecule is Cc1ccc(N2CC(NC(=O)c3cc(C(F)(F)F)cc(C(F)(F)F)c3)CC2=O)cc1Cl. The Bertz CT molecular complexity index is 1000. The first-order chi connectivity index (χ1) is 14.3. The molecular formula is C20H15ClF6N2O2. The van der Waals surface area contributed by atoms with Gasteiger partial charge in [-0.2, -0.15) is 26.3 Å². The third-order valence-electron chi connectivity index (χ3n) is 4.78. The van der Waals surface area contributed by atoms with E-state index in [1.54, 1.807) is 25.1 Å². The fourth-order valence-electron chi connectivity index (χ4n) is 3.16. The molecule has 1 heterocycles. The van der Waals surface area contributed by atoms with Gasteiger partial charge in [0.05, 0.1) is 17.2 Å². The Morgan fingerprint density at radius 3 is 2.13 bits per heavy atom. The lowest BCUT2D eigenvalue weighted by Crippen LogP contribution is -2.37. The first kappa shape index (κ1) is 22.9. The molecule has 2 aromatic carbocycles. The van der Waals surface area contributed by atoms with Crippen LogP contribution in [0.2, 0.25) is 5.02 Å². The van der Waals surface area contributed by atoms with Crippen molar-refractivity contribution in [1.29, 1.82) is 0 Å². The third kappa shape index (κ3) is 5.12. The maximum atomic E-state index is 13.0. The van der Waals surface area contributed by atoms with Gasteiger partial charge in [-0.25, -0.2) is 0 Å². The number of hydrogen-bond acceptors (Lipinski definition) is 2. The average Bonchev–Trinajstić information content (AvgIpc) is 3.02. The molecule has 2 amide bonds. The summed E-state index contributed by atoms with van der Waals surface area (Å²) >= 11 is 6.05. The minimum atomic E-state index is -5.07. The average molecular weight is 465 g/mol. The highest BCUT2D eigenvalue weighted by Crippen LogP contribution is 2.36. The van der Waals surface area contributed by atoms with Gasteiger partial charge in [-0.1, -0.05) is 17.7 Å². The number of carbonyl (C=O) groups excluding carboxylic acids is 2. The molecule has 1 aliphatic rings. The summed E-state index contributed by atoms with van der Waals surface area (Å²) in [5.41, 5.74) is -2.73. The predicted octanol–water partition coefficient (Wildman–Crippen LogP) is 5.22. The minimum absolute atomic E-state index is 0.00491. The van der Waals surface area contributed by atoms with Crippen molar-refractivity contribution in [3.8, 4) is 0 Å². The van der Waals surface area contributed by atoms with Crippen LogP contribution < -0.4 is 10.2 Å². The number of halogens is 7. The number of nitrogens with one attached hydrogen (secondary N) is 1. The number of anilines is 1. The minimum Gasteiger partial charge on any atom is -0.347 e. The highest BCUT2D eigenvalue weighted by Gasteiger charge is 2.38. The van der Waals surface area contributed by atoms with Gasteiger partial charge in [0.25, 0.3) is 5.91 Å². The summed E-state index contributed by atoms with van der Waals surface area (Å²) in [6, 6.07) is 4.73. The lowest BCUT2D eigenvalue weighted by molar-refractivity contribution is -0.143. The molecule has 0 radical (unpaired) electrons. The Hall–Kier alpha value is -2.75. The van der Waals surface area contributed by atoms with Gasteiger partial charge in [0.15, 0.2) is 0 Å². The van der Waals surface area contributed by atoms with Crippen molar-refractivity contribution in [3.05, 3.63) is 63.7 Å². The molecule has 0 bridgehead atoms. The van der Waals surface area contributed by atoms with Gasteiger partial charge in [0.2, 0.25) is 5.91 Å². The normalized spacial score (nSPS) is 17.2. The van der Waals surface area contributed by atoms with E-state index >= 15 is 0 Å². The van der Waals surface area contributed by atoms with Crippen LogP contribution in [0, 0.1) is 6.92 Å². The summed E-state index contributed by atoms with van der Waals surface area (Å²) in [5.74, 6) is -1.51. The monoisotopic (exact) mass is 464 g/mol. The number of amides is 2. The molecule has 1 N–H and O–H groups in total. The number of carbonyl (C=O) groups is 2. The second-order valence-corrected chi connectivity index (χ2v) is 7.51. The predicted molar refractivity (Wildman–Crippen MR) is 101 cm³/mol. The van der Waals surface area contributed by atoms with Crippen molar-refractivity contribution in [2.24, 2.45) is 0 Å². The molecule has 1 saturated heterocycles. The summed E-state index contributed by atoms with van der Waals surface area (Å²) in [6.07, 6.45) is -10.3. The second kappa shape index (κ2) is 8.07. The van der Waals surface area contributed by atoms with Crippen molar-refractivity contribution in [1.82, 2.24) is 5.32 Å². The fourth-order valence-corrected chi connectivity index (χ4v) is 3.33. The highest BCUT2D eigenvalue weighted by atomic mass is 35.5. The van der Waals surface area contributed by atoms with E-state index in [0.717, 1.165) is 5.56 Å². The van der Waals surface area contributed by atoms with Crippen LogP contribution in [0.4, 0.5) is 32.0 Å². The summed E-state index contributed by atoms with van der Waals surface area (Å²) in [5, 5.41) is 2.76. The smallest absolute Gasteiger partial charge is 0.347 e. The number of alkyl halides is 6. The molecule has 11 heteroatoms. The fraction of sp³-hybridized carbons (Fsp3) is 0.300. The Balaban J connectivity index is 1.81. The number of rotatable bonds is 3. The molecule has 1 unspecified atom stereocenters. The highest BCUT2D eigenvalue weighted by molar-refractivity contribution is 6.31. The Kier molecular flexibility index (Phi) is 5.96. The Labute approximate surface area is 177 Å². The van der Waals surface area contributed by atoms with Crippen molar-refractivity contribution >= 4 is 29.1 Å². The largest absolute Gasteiger partial charge is 0.416 e. The van der Waals surface area contributed by atoms with Crippen LogP contribution in [0.5, 0.6) is 0 Å². The second-order valence-electron chi connectivity index (χ2n) is 7.11. The maximum absolute atomic E-state index is 13.0. The molecule has 1 fully saturated rings. The summed E-state index contributed by atoms with van der Waals surface area (Å²) < 4.78 is 78.0. The van der Waals surface area contributed by atoms with E-state index < -0.39 is 41.0 Å².